The number of nitrogens with one attached hydrogen (secondary N) is 1. The zero-order chi connectivity index (χ0) is 15.4. The quantitative estimate of drug-likeness (QED) is 0.819. The number of anilines is 1. The molecule has 0 heterocycles. The van der Waals surface area contributed by atoms with Crippen LogP contribution in [-0.2, 0) is 14.3 Å². The van der Waals surface area contributed by atoms with E-state index in [0.717, 1.165) is 6.42 Å². The summed E-state index contributed by atoms with van der Waals surface area (Å²) in [6.07, 6.45) is 0.769. The average Bonchev–Trinajstić information content (AvgIpc) is 3.15. The van der Waals surface area contributed by atoms with Crippen LogP contribution in [0.1, 0.15) is 13.3 Å². The first-order valence-corrected chi connectivity index (χ1v) is 6.47. The molecule has 7 heteroatoms. The molecule has 0 aromatic heterocycles. The lowest BCUT2D eigenvalue weighted by molar-refractivity contribution is -0.148. The molecular weight excluding hydrogens is 284 g/mol. The Bertz CT molecular complexity index is 535. The first-order chi connectivity index (χ1) is 9.97. The molecule has 2 atom stereocenters. The molecule has 1 saturated carbocycles. The lowest BCUT2D eigenvalue weighted by atomic mass is 10.3. The maximum Gasteiger partial charge on any atom is 0.387 e. The van der Waals surface area contributed by atoms with Crippen molar-refractivity contribution in [2.24, 2.45) is 11.8 Å². The van der Waals surface area contributed by atoms with E-state index in [4.69, 9.17) is 4.74 Å². The van der Waals surface area contributed by atoms with Gasteiger partial charge in [-0.25, -0.2) is 0 Å². The number of halogens is 2. The van der Waals surface area contributed by atoms with Gasteiger partial charge < -0.3 is 14.8 Å². The lowest BCUT2D eigenvalue weighted by Crippen LogP contribution is -2.22. The number of hydrogen-bond donors (Lipinski definition) is 1. The first kappa shape index (κ1) is 15.2. The van der Waals surface area contributed by atoms with Gasteiger partial charge in [0.1, 0.15) is 5.75 Å². The number of rotatable bonds is 6. The van der Waals surface area contributed by atoms with Gasteiger partial charge >= 0.3 is 12.6 Å². The Kier molecular flexibility index (Phi) is 4.72. The largest absolute Gasteiger partial charge is 0.455 e. The van der Waals surface area contributed by atoms with Crippen molar-refractivity contribution in [2.75, 3.05) is 11.9 Å². The minimum atomic E-state index is -2.99. The third kappa shape index (κ3) is 4.40. The fraction of sp³-hybridized carbons (Fsp3) is 0.429. The molecule has 0 saturated heterocycles. The van der Waals surface area contributed by atoms with Gasteiger partial charge in [-0.1, -0.05) is 19.1 Å². The molecule has 2 rings (SSSR count). The molecule has 1 aliphatic carbocycles. The van der Waals surface area contributed by atoms with Gasteiger partial charge in [-0.05, 0) is 24.5 Å². The normalized spacial score (nSPS) is 20.0. The zero-order valence-electron chi connectivity index (χ0n) is 11.3. The van der Waals surface area contributed by atoms with Crippen molar-refractivity contribution in [3.63, 3.8) is 0 Å². The van der Waals surface area contributed by atoms with Crippen LogP contribution in [0.2, 0.25) is 0 Å². The van der Waals surface area contributed by atoms with Crippen LogP contribution in [0.25, 0.3) is 0 Å². The van der Waals surface area contributed by atoms with Gasteiger partial charge in [-0.15, -0.1) is 0 Å². The van der Waals surface area contributed by atoms with E-state index in [9.17, 15) is 18.4 Å². The Balaban J connectivity index is 1.86. The van der Waals surface area contributed by atoms with Gasteiger partial charge in [-0.3, -0.25) is 9.59 Å². The molecule has 5 nitrogen and oxygen atoms in total. The highest BCUT2D eigenvalue weighted by Crippen LogP contribution is 2.38. The number of esters is 1. The summed E-state index contributed by atoms with van der Waals surface area (Å²) in [4.78, 5) is 23.1. The van der Waals surface area contributed by atoms with E-state index in [1.807, 2.05) is 6.92 Å². The fourth-order valence-electron chi connectivity index (χ4n) is 1.85. The first-order valence-electron chi connectivity index (χ1n) is 6.47. The summed E-state index contributed by atoms with van der Waals surface area (Å²) in [5.41, 5.74) is 0.0960. The molecule has 1 aromatic rings. The minimum Gasteiger partial charge on any atom is -0.455 e. The van der Waals surface area contributed by atoms with Crippen molar-refractivity contribution >= 4 is 17.6 Å². The SMILES string of the molecule is C[C@@H]1C[C@H]1C(=O)OCC(=O)Nc1ccccc1OC(F)F. The molecule has 1 N–H and O–H groups in total. The number of carbonyl (C=O) groups excluding carboxylic acids is 2. The minimum absolute atomic E-state index is 0.0960. The zero-order valence-corrected chi connectivity index (χ0v) is 11.3. The maximum absolute atomic E-state index is 12.2. The number of ether oxygens (including phenoxy) is 2. The van der Waals surface area contributed by atoms with E-state index >= 15 is 0 Å². The summed E-state index contributed by atoms with van der Waals surface area (Å²) >= 11 is 0. The lowest BCUT2D eigenvalue weighted by Gasteiger charge is -2.11. The highest BCUT2D eigenvalue weighted by atomic mass is 19.3. The second-order valence-corrected chi connectivity index (χ2v) is 4.85. The molecule has 1 aliphatic rings. The van der Waals surface area contributed by atoms with Crippen molar-refractivity contribution in [2.45, 2.75) is 20.0 Å². The number of benzene rings is 1. The highest BCUT2D eigenvalue weighted by molar-refractivity contribution is 5.94. The molecule has 0 unspecified atom stereocenters. The van der Waals surface area contributed by atoms with Crippen LogP contribution >= 0.6 is 0 Å². The van der Waals surface area contributed by atoms with Crippen molar-refractivity contribution in [1.82, 2.24) is 0 Å². The van der Waals surface area contributed by atoms with Crippen molar-refractivity contribution in [3.05, 3.63) is 24.3 Å². The molecule has 0 aliphatic heterocycles. The summed E-state index contributed by atoms with van der Waals surface area (Å²) < 4.78 is 33.6. The third-order valence-electron chi connectivity index (χ3n) is 3.13. The molecule has 1 amide bonds. The van der Waals surface area contributed by atoms with Gasteiger partial charge in [0, 0.05) is 0 Å². The van der Waals surface area contributed by atoms with Crippen molar-refractivity contribution < 1.29 is 27.8 Å². The van der Waals surface area contributed by atoms with Crippen molar-refractivity contribution in [1.29, 1.82) is 0 Å². The number of carbonyl (C=O) groups is 2. The van der Waals surface area contributed by atoms with E-state index in [2.05, 4.69) is 10.1 Å². The number of amides is 1. The van der Waals surface area contributed by atoms with Gasteiger partial charge in [0.25, 0.3) is 5.91 Å². The third-order valence-corrected chi connectivity index (χ3v) is 3.13. The monoisotopic (exact) mass is 299 g/mol. The van der Waals surface area contributed by atoms with E-state index in [1.54, 1.807) is 6.07 Å². The van der Waals surface area contributed by atoms with Crippen LogP contribution < -0.4 is 10.1 Å². The predicted molar refractivity (Wildman–Crippen MR) is 69.9 cm³/mol. The molecular formula is C14H15F2NO4. The van der Waals surface area contributed by atoms with E-state index in [0.29, 0.717) is 5.92 Å². The summed E-state index contributed by atoms with van der Waals surface area (Å²) in [5.74, 6) is -1.01. The number of alkyl halides is 2. The van der Waals surface area contributed by atoms with Crippen LogP contribution in [-0.4, -0.2) is 25.1 Å². The summed E-state index contributed by atoms with van der Waals surface area (Å²) in [5, 5.41) is 2.37. The number of hydrogen-bond acceptors (Lipinski definition) is 4. The Labute approximate surface area is 120 Å². The predicted octanol–water partition coefficient (Wildman–Crippen LogP) is 2.43. The Hall–Kier alpha value is -2.18. The molecule has 0 radical (unpaired) electrons. The molecule has 114 valence electrons. The van der Waals surface area contributed by atoms with E-state index < -0.39 is 25.1 Å². The molecule has 21 heavy (non-hydrogen) atoms. The van der Waals surface area contributed by atoms with Gasteiger partial charge in [-0.2, -0.15) is 8.78 Å². The van der Waals surface area contributed by atoms with Crippen LogP contribution in [0, 0.1) is 11.8 Å². The van der Waals surface area contributed by atoms with Gasteiger partial charge in [0.05, 0.1) is 11.6 Å². The summed E-state index contributed by atoms with van der Waals surface area (Å²) in [7, 11) is 0. The maximum atomic E-state index is 12.2. The fourth-order valence-corrected chi connectivity index (χ4v) is 1.85. The van der Waals surface area contributed by atoms with Crippen LogP contribution in [0.15, 0.2) is 24.3 Å². The average molecular weight is 299 g/mol. The smallest absolute Gasteiger partial charge is 0.387 e. The standard InChI is InChI=1S/C14H15F2NO4/c1-8-6-9(8)13(19)20-7-12(18)17-10-4-2-3-5-11(10)21-14(15)16/h2-5,8-9,14H,6-7H2,1H3,(H,17,18)/t8-,9-/m1/s1. The van der Waals surface area contributed by atoms with Gasteiger partial charge in [0.15, 0.2) is 6.61 Å². The second-order valence-electron chi connectivity index (χ2n) is 4.85. The van der Waals surface area contributed by atoms with Gasteiger partial charge in [0.2, 0.25) is 0 Å². The van der Waals surface area contributed by atoms with Crippen molar-refractivity contribution in [3.8, 4) is 5.75 Å². The highest BCUT2D eigenvalue weighted by Gasteiger charge is 2.40. The van der Waals surface area contributed by atoms with Crippen LogP contribution in [0.3, 0.4) is 0 Å². The summed E-state index contributed by atoms with van der Waals surface area (Å²) in [6, 6.07) is 5.79. The molecule has 0 spiro atoms. The van der Waals surface area contributed by atoms with E-state index in [1.165, 1.54) is 18.2 Å². The van der Waals surface area contributed by atoms with E-state index in [-0.39, 0.29) is 17.4 Å². The molecule has 1 aromatic carbocycles. The topological polar surface area (TPSA) is 64.6 Å². The Morgan fingerprint density at radius 1 is 1.38 bits per heavy atom. The molecule has 0 bridgehead atoms. The van der Waals surface area contributed by atoms with Crippen LogP contribution in [0.5, 0.6) is 5.75 Å². The Morgan fingerprint density at radius 3 is 2.67 bits per heavy atom. The Morgan fingerprint density at radius 2 is 2.05 bits per heavy atom. The van der Waals surface area contributed by atoms with Crippen LogP contribution in [0.4, 0.5) is 14.5 Å². The number of para-hydroxylation sites is 2. The molecule has 1 fully saturated rings. The second kappa shape index (κ2) is 6.51. The summed E-state index contributed by atoms with van der Waals surface area (Å²) in [6.45, 7) is -1.52.